The summed E-state index contributed by atoms with van der Waals surface area (Å²) >= 11 is 0. The zero-order chi connectivity index (χ0) is 15.1. The maximum Gasteiger partial charge on any atom is 0.225 e. The summed E-state index contributed by atoms with van der Waals surface area (Å²) in [6.07, 6.45) is 2.12. The van der Waals surface area contributed by atoms with Gasteiger partial charge in [0.2, 0.25) is 11.8 Å². The molecule has 0 rings (SSSR count). The first kappa shape index (κ1) is 17.9. The summed E-state index contributed by atoms with van der Waals surface area (Å²) in [6, 6.07) is 0. The minimum absolute atomic E-state index is 0.0284. The molecule has 0 aromatic rings. The van der Waals surface area contributed by atoms with Gasteiger partial charge in [0.25, 0.3) is 0 Å². The van der Waals surface area contributed by atoms with Crippen molar-refractivity contribution in [3.8, 4) is 0 Å². The van der Waals surface area contributed by atoms with E-state index in [9.17, 15) is 9.59 Å². The van der Waals surface area contributed by atoms with E-state index in [-0.39, 0.29) is 22.6 Å². The summed E-state index contributed by atoms with van der Waals surface area (Å²) in [5, 5.41) is 5.75. The Labute approximate surface area is 117 Å². The molecular weight excluding hydrogens is 240 g/mol. The number of nitrogens with one attached hydrogen (secondary N) is 2. The first-order valence-electron chi connectivity index (χ1n) is 7.07. The fraction of sp³-hybridized carbons (Fsp3) is 0.867. The highest BCUT2D eigenvalue weighted by Crippen LogP contribution is 2.16. The molecule has 0 aliphatic rings. The van der Waals surface area contributed by atoms with Crippen molar-refractivity contribution in [3.05, 3.63) is 0 Å². The quantitative estimate of drug-likeness (QED) is 0.728. The van der Waals surface area contributed by atoms with Gasteiger partial charge < -0.3 is 10.6 Å². The highest BCUT2D eigenvalue weighted by Gasteiger charge is 2.20. The third-order valence-corrected chi connectivity index (χ3v) is 2.74. The predicted octanol–water partition coefficient (Wildman–Crippen LogP) is 2.48. The molecule has 0 heterocycles. The third-order valence-electron chi connectivity index (χ3n) is 2.74. The summed E-state index contributed by atoms with van der Waals surface area (Å²) in [6.45, 7) is 13.4. The van der Waals surface area contributed by atoms with E-state index in [0.29, 0.717) is 19.4 Å². The van der Waals surface area contributed by atoms with Crippen LogP contribution in [0.4, 0.5) is 0 Å². The van der Waals surface area contributed by atoms with E-state index in [1.165, 1.54) is 0 Å². The maximum absolute atomic E-state index is 11.6. The van der Waals surface area contributed by atoms with Crippen molar-refractivity contribution >= 4 is 11.8 Å². The van der Waals surface area contributed by atoms with E-state index in [1.54, 1.807) is 0 Å². The summed E-state index contributed by atoms with van der Waals surface area (Å²) in [5.41, 5.74) is -0.122. The smallest absolute Gasteiger partial charge is 0.225 e. The van der Waals surface area contributed by atoms with Crippen LogP contribution in [0, 0.1) is 10.8 Å². The van der Waals surface area contributed by atoms with Crippen molar-refractivity contribution in [2.75, 3.05) is 13.1 Å². The molecule has 0 aliphatic carbocycles. The number of carbonyl (C=O) groups excluding carboxylic acids is 2. The van der Waals surface area contributed by atoms with Crippen LogP contribution in [-0.2, 0) is 9.59 Å². The van der Waals surface area contributed by atoms with Gasteiger partial charge in [0.15, 0.2) is 0 Å². The van der Waals surface area contributed by atoms with E-state index < -0.39 is 0 Å². The second kappa shape index (κ2) is 7.51. The van der Waals surface area contributed by atoms with Gasteiger partial charge in [-0.1, -0.05) is 41.5 Å². The SMILES string of the molecule is CC(C)(C)CCNC(=O)CCCNC(=O)C(C)(C)C. The first-order chi connectivity index (χ1) is 8.52. The van der Waals surface area contributed by atoms with Crippen LogP contribution in [0.3, 0.4) is 0 Å². The Morgan fingerprint density at radius 3 is 1.95 bits per heavy atom. The van der Waals surface area contributed by atoms with E-state index in [2.05, 4.69) is 31.4 Å². The Morgan fingerprint density at radius 1 is 0.895 bits per heavy atom. The molecule has 19 heavy (non-hydrogen) atoms. The van der Waals surface area contributed by atoms with Crippen molar-refractivity contribution in [1.82, 2.24) is 10.6 Å². The van der Waals surface area contributed by atoms with Gasteiger partial charge in [-0.25, -0.2) is 0 Å². The molecule has 112 valence electrons. The second-order valence-electron chi connectivity index (χ2n) is 7.27. The Kier molecular flexibility index (Phi) is 7.09. The van der Waals surface area contributed by atoms with Gasteiger partial charge in [-0.2, -0.15) is 0 Å². The molecule has 0 saturated carbocycles. The van der Waals surface area contributed by atoms with Crippen LogP contribution in [0.5, 0.6) is 0 Å². The van der Waals surface area contributed by atoms with E-state index in [4.69, 9.17) is 0 Å². The van der Waals surface area contributed by atoms with Crippen LogP contribution >= 0.6 is 0 Å². The van der Waals surface area contributed by atoms with E-state index >= 15 is 0 Å². The minimum atomic E-state index is -0.366. The summed E-state index contributed by atoms with van der Waals surface area (Å²) in [7, 11) is 0. The molecule has 0 bridgehead atoms. The number of hydrogen-bond acceptors (Lipinski definition) is 2. The normalized spacial score (nSPS) is 12.1. The van der Waals surface area contributed by atoms with Gasteiger partial charge in [0.05, 0.1) is 0 Å². The highest BCUT2D eigenvalue weighted by molar-refractivity contribution is 5.81. The van der Waals surface area contributed by atoms with Crippen LogP contribution in [0.15, 0.2) is 0 Å². The number of amides is 2. The fourth-order valence-electron chi connectivity index (χ4n) is 1.38. The van der Waals surface area contributed by atoms with Gasteiger partial charge in [-0.15, -0.1) is 0 Å². The molecule has 0 spiro atoms. The zero-order valence-electron chi connectivity index (χ0n) is 13.4. The molecule has 0 saturated heterocycles. The van der Waals surface area contributed by atoms with Crippen LogP contribution in [0.1, 0.15) is 60.8 Å². The standard InChI is InChI=1S/C15H30N2O2/c1-14(2,3)9-11-16-12(18)8-7-10-17-13(19)15(4,5)6/h7-11H2,1-6H3,(H,16,18)(H,17,19). The van der Waals surface area contributed by atoms with Crippen molar-refractivity contribution in [2.24, 2.45) is 10.8 Å². The maximum atomic E-state index is 11.6. The Hall–Kier alpha value is -1.06. The van der Waals surface area contributed by atoms with Gasteiger partial charge in [0, 0.05) is 24.9 Å². The predicted molar refractivity (Wildman–Crippen MR) is 78.8 cm³/mol. The Balaban J connectivity index is 3.63. The van der Waals surface area contributed by atoms with Crippen LogP contribution in [0.25, 0.3) is 0 Å². The summed E-state index contributed by atoms with van der Waals surface area (Å²) < 4.78 is 0. The Bertz CT molecular complexity index is 298. The summed E-state index contributed by atoms with van der Waals surface area (Å²) in [5.74, 6) is 0.0925. The second-order valence-corrected chi connectivity index (χ2v) is 7.27. The lowest BCUT2D eigenvalue weighted by Gasteiger charge is -2.18. The van der Waals surface area contributed by atoms with Crippen LogP contribution in [-0.4, -0.2) is 24.9 Å². The average molecular weight is 270 g/mol. The number of carbonyl (C=O) groups is 2. The molecule has 4 nitrogen and oxygen atoms in total. The molecular formula is C15H30N2O2. The minimum Gasteiger partial charge on any atom is -0.356 e. The van der Waals surface area contributed by atoms with Gasteiger partial charge in [-0.05, 0) is 18.3 Å². The average Bonchev–Trinajstić information content (AvgIpc) is 2.20. The largest absolute Gasteiger partial charge is 0.356 e. The lowest BCUT2D eigenvalue weighted by molar-refractivity contribution is -0.128. The molecule has 0 radical (unpaired) electrons. The molecule has 2 N–H and O–H groups in total. The third kappa shape index (κ3) is 10.5. The van der Waals surface area contributed by atoms with Crippen LogP contribution < -0.4 is 10.6 Å². The van der Waals surface area contributed by atoms with E-state index in [0.717, 1.165) is 13.0 Å². The van der Waals surface area contributed by atoms with Gasteiger partial charge in [-0.3, -0.25) is 9.59 Å². The highest BCUT2D eigenvalue weighted by atomic mass is 16.2. The van der Waals surface area contributed by atoms with Crippen molar-refractivity contribution < 1.29 is 9.59 Å². The first-order valence-corrected chi connectivity index (χ1v) is 7.07. The number of hydrogen-bond donors (Lipinski definition) is 2. The molecule has 0 unspecified atom stereocenters. The lowest BCUT2D eigenvalue weighted by Crippen LogP contribution is -2.36. The number of rotatable bonds is 6. The van der Waals surface area contributed by atoms with Crippen molar-refractivity contribution in [1.29, 1.82) is 0 Å². The Morgan fingerprint density at radius 2 is 1.47 bits per heavy atom. The molecule has 0 aliphatic heterocycles. The molecule has 2 amide bonds. The van der Waals surface area contributed by atoms with Gasteiger partial charge in [0.1, 0.15) is 0 Å². The molecule has 0 aromatic carbocycles. The van der Waals surface area contributed by atoms with Crippen molar-refractivity contribution in [2.45, 2.75) is 60.8 Å². The monoisotopic (exact) mass is 270 g/mol. The summed E-state index contributed by atoms with van der Waals surface area (Å²) in [4.78, 5) is 23.1. The molecule has 0 fully saturated rings. The topological polar surface area (TPSA) is 58.2 Å². The van der Waals surface area contributed by atoms with Crippen LogP contribution in [0.2, 0.25) is 0 Å². The molecule has 0 aromatic heterocycles. The fourth-order valence-corrected chi connectivity index (χ4v) is 1.38. The molecule has 0 atom stereocenters. The lowest BCUT2D eigenvalue weighted by atomic mass is 9.92. The molecule has 4 heteroatoms. The zero-order valence-corrected chi connectivity index (χ0v) is 13.4. The van der Waals surface area contributed by atoms with Gasteiger partial charge >= 0.3 is 0 Å². The van der Waals surface area contributed by atoms with Crippen molar-refractivity contribution in [3.63, 3.8) is 0 Å². The van der Waals surface area contributed by atoms with E-state index in [1.807, 2.05) is 20.8 Å².